The molecule has 3 aromatic rings. The molecule has 0 N–H and O–H groups in total. The Morgan fingerprint density at radius 1 is 1.04 bits per heavy atom. The van der Waals surface area contributed by atoms with Gasteiger partial charge in [-0.15, -0.1) is 11.8 Å². The molecule has 132 valence electrons. The van der Waals surface area contributed by atoms with E-state index in [0.717, 1.165) is 16.8 Å². The maximum atomic E-state index is 13.3. The predicted octanol–water partition coefficient (Wildman–Crippen LogP) is 4.49. The molecule has 3 heterocycles. The standard InChI is InChI=1S/C20H13N3O3S/c24-19-18-15-9-5-4-8-14(15)17-16(10-13(11-21-17)23(25)26)20(27-18)22(19)12-6-2-1-3-7-12/h1-11,18,20H. The molecule has 7 heteroatoms. The lowest BCUT2D eigenvalue weighted by Gasteiger charge is -2.26. The minimum atomic E-state index is -0.449. The monoisotopic (exact) mass is 375 g/mol. The number of thioether (sulfide) groups is 1. The Hall–Kier alpha value is -3.19. The first-order chi connectivity index (χ1) is 13.1. The van der Waals surface area contributed by atoms with Crippen molar-refractivity contribution < 1.29 is 9.72 Å². The molecule has 2 aliphatic heterocycles. The molecule has 6 nitrogen and oxygen atoms in total. The molecule has 0 spiro atoms. The fourth-order valence-corrected chi connectivity index (χ4v) is 5.20. The summed E-state index contributed by atoms with van der Waals surface area (Å²) in [6, 6.07) is 18.6. The van der Waals surface area contributed by atoms with Crippen LogP contribution in [0.25, 0.3) is 11.3 Å². The molecular weight excluding hydrogens is 362 g/mol. The summed E-state index contributed by atoms with van der Waals surface area (Å²) in [7, 11) is 0. The van der Waals surface area contributed by atoms with E-state index >= 15 is 0 Å². The number of hydrogen-bond donors (Lipinski definition) is 0. The highest BCUT2D eigenvalue weighted by molar-refractivity contribution is 8.01. The number of benzene rings is 2. The summed E-state index contributed by atoms with van der Waals surface area (Å²) < 4.78 is 0. The van der Waals surface area contributed by atoms with Crippen LogP contribution in [0.4, 0.5) is 11.4 Å². The van der Waals surface area contributed by atoms with E-state index in [2.05, 4.69) is 4.98 Å². The Labute approximate surface area is 159 Å². The van der Waals surface area contributed by atoms with E-state index in [0.29, 0.717) is 11.3 Å². The molecule has 0 aliphatic carbocycles. The van der Waals surface area contributed by atoms with E-state index in [9.17, 15) is 14.9 Å². The second kappa shape index (κ2) is 5.92. The Bertz CT molecular complexity index is 1090. The summed E-state index contributed by atoms with van der Waals surface area (Å²) in [6.45, 7) is 0. The van der Waals surface area contributed by atoms with Gasteiger partial charge in [-0.3, -0.25) is 19.8 Å². The third kappa shape index (κ3) is 2.35. The van der Waals surface area contributed by atoms with E-state index in [-0.39, 0.29) is 22.2 Å². The number of carbonyl (C=O) groups excluding carboxylic acids is 1. The first-order valence-electron chi connectivity index (χ1n) is 8.42. The highest BCUT2D eigenvalue weighted by atomic mass is 32.2. The number of para-hydroxylation sites is 1. The predicted molar refractivity (Wildman–Crippen MR) is 103 cm³/mol. The number of nitro groups is 1. The fourth-order valence-electron chi connectivity index (χ4n) is 3.68. The van der Waals surface area contributed by atoms with E-state index in [1.807, 2.05) is 54.6 Å². The van der Waals surface area contributed by atoms with Crippen LogP contribution in [0.15, 0.2) is 66.9 Å². The van der Waals surface area contributed by atoms with Crippen LogP contribution in [0, 0.1) is 10.1 Å². The maximum Gasteiger partial charge on any atom is 0.287 e. The van der Waals surface area contributed by atoms with Gasteiger partial charge in [0.25, 0.3) is 5.69 Å². The zero-order valence-corrected chi connectivity index (χ0v) is 14.8. The molecular formula is C20H13N3O3S. The van der Waals surface area contributed by atoms with Crippen molar-refractivity contribution in [2.24, 2.45) is 0 Å². The molecule has 0 radical (unpaired) electrons. The number of anilines is 1. The largest absolute Gasteiger partial charge is 0.294 e. The van der Waals surface area contributed by atoms with E-state index in [4.69, 9.17) is 0 Å². The number of rotatable bonds is 2. The fraction of sp³-hybridized carbons (Fsp3) is 0.100. The van der Waals surface area contributed by atoms with Crippen molar-refractivity contribution in [2.75, 3.05) is 4.90 Å². The quantitative estimate of drug-likeness (QED) is 0.487. The lowest BCUT2D eigenvalue weighted by atomic mass is 9.95. The molecule has 1 saturated heterocycles. The third-order valence-corrected chi connectivity index (χ3v) is 6.32. The SMILES string of the molecule is O=C1C2SC(c3cc([N+](=O)[O-])cnc3-c3ccccc32)N1c1ccccc1. The minimum absolute atomic E-state index is 0.0131. The minimum Gasteiger partial charge on any atom is -0.294 e. The van der Waals surface area contributed by atoms with Crippen molar-refractivity contribution in [3.63, 3.8) is 0 Å². The van der Waals surface area contributed by atoms with Crippen LogP contribution in [-0.2, 0) is 4.79 Å². The second-order valence-corrected chi connectivity index (χ2v) is 7.58. The first-order valence-corrected chi connectivity index (χ1v) is 9.36. The molecule has 2 bridgehead atoms. The summed E-state index contributed by atoms with van der Waals surface area (Å²) >= 11 is 1.50. The summed E-state index contributed by atoms with van der Waals surface area (Å²) in [5, 5.41) is 10.6. The van der Waals surface area contributed by atoms with Gasteiger partial charge >= 0.3 is 0 Å². The molecule has 2 aromatic carbocycles. The van der Waals surface area contributed by atoms with Gasteiger partial charge in [-0.1, -0.05) is 42.5 Å². The zero-order valence-electron chi connectivity index (χ0n) is 14.0. The van der Waals surface area contributed by atoms with Gasteiger partial charge in [-0.05, 0) is 17.7 Å². The molecule has 27 heavy (non-hydrogen) atoms. The third-order valence-electron chi connectivity index (χ3n) is 4.87. The van der Waals surface area contributed by atoms with E-state index < -0.39 is 4.92 Å². The highest BCUT2D eigenvalue weighted by Gasteiger charge is 2.47. The normalized spacial score (nSPS) is 20.0. The molecule has 0 saturated carbocycles. The van der Waals surface area contributed by atoms with Gasteiger partial charge in [0.2, 0.25) is 5.91 Å². The van der Waals surface area contributed by atoms with Crippen molar-refractivity contribution >= 4 is 29.0 Å². The summed E-state index contributed by atoms with van der Waals surface area (Å²) in [4.78, 5) is 30.3. The summed E-state index contributed by atoms with van der Waals surface area (Å²) in [6.07, 6.45) is 1.29. The van der Waals surface area contributed by atoms with Crippen molar-refractivity contribution in [1.82, 2.24) is 4.98 Å². The average molecular weight is 375 g/mol. The van der Waals surface area contributed by atoms with Crippen LogP contribution in [-0.4, -0.2) is 15.8 Å². The van der Waals surface area contributed by atoms with E-state index in [1.165, 1.54) is 18.0 Å². The summed E-state index contributed by atoms with van der Waals surface area (Å²) in [5.41, 5.74) is 3.86. The Morgan fingerprint density at radius 3 is 2.56 bits per heavy atom. The van der Waals surface area contributed by atoms with Crippen LogP contribution in [0.3, 0.4) is 0 Å². The molecule has 5 rings (SSSR count). The number of amides is 1. The second-order valence-electron chi connectivity index (χ2n) is 6.39. The van der Waals surface area contributed by atoms with Crippen LogP contribution in [0.5, 0.6) is 0 Å². The average Bonchev–Trinajstić information content (AvgIpc) is 2.97. The Balaban J connectivity index is 1.78. The Kier molecular flexibility index (Phi) is 3.51. The van der Waals surface area contributed by atoms with Gasteiger partial charge in [0.15, 0.2) is 0 Å². The maximum absolute atomic E-state index is 13.3. The molecule has 1 aromatic heterocycles. The molecule has 2 atom stereocenters. The zero-order chi connectivity index (χ0) is 18.5. The Morgan fingerprint density at radius 2 is 1.78 bits per heavy atom. The lowest BCUT2D eigenvalue weighted by molar-refractivity contribution is -0.385. The topological polar surface area (TPSA) is 76.3 Å². The van der Waals surface area contributed by atoms with Crippen LogP contribution >= 0.6 is 11.8 Å². The lowest BCUT2D eigenvalue weighted by Crippen LogP contribution is -2.30. The number of fused-ring (bicyclic) bond motifs is 7. The molecule has 1 fully saturated rings. The van der Waals surface area contributed by atoms with Gasteiger partial charge in [0, 0.05) is 22.9 Å². The number of hydrogen-bond acceptors (Lipinski definition) is 5. The number of pyridine rings is 1. The van der Waals surface area contributed by atoms with Gasteiger partial charge in [-0.25, -0.2) is 4.98 Å². The van der Waals surface area contributed by atoms with Gasteiger partial charge in [0.1, 0.15) is 16.8 Å². The van der Waals surface area contributed by atoms with Gasteiger partial charge < -0.3 is 0 Å². The van der Waals surface area contributed by atoms with Crippen molar-refractivity contribution in [1.29, 1.82) is 0 Å². The van der Waals surface area contributed by atoms with Gasteiger partial charge in [-0.2, -0.15) is 0 Å². The smallest absolute Gasteiger partial charge is 0.287 e. The molecule has 1 amide bonds. The number of aromatic nitrogens is 1. The molecule has 2 unspecified atom stereocenters. The van der Waals surface area contributed by atoms with Gasteiger partial charge in [0.05, 0.1) is 10.6 Å². The summed E-state index contributed by atoms with van der Waals surface area (Å²) in [5.74, 6) is -0.0131. The van der Waals surface area contributed by atoms with Crippen LogP contribution < -0.4 is 4.90 Å². The van der Waals surface area contributed by atoms with Crippen LogP contribution in [0.2, 0.25) is 0 Å². The van der Waals surface area contributed by atoms with Crippen LogP contribution in [0.1, 0.15) is 21.8 Å². The highest BCUT2D eigenvalue weighted by Crippen LogP contribution is 2.57. The van der Waals surface area contributed by atoms with E-state index in [1.54, 1.807) is 11.0 Å². The van der Waals surface area contributed by atoms with Crippen molar-refractivity contribution in [2.45, 2.75) is 10.6 Å². The first kappa shape index (κ1) is 16.0. The number of nitrogens with zero attached hydrogens (tertiary/aromatic N) is 3. The number of carbonyl (C=O) groups is 1. The molecule has 2 aliphatic rings. The van der Waals surface area contributed by atoms with Crippen molar-refractivity contribution in [3.05, 3.63) is 88.1 Å². The van der Waals surface area contributed by atoms with Crippen molar-refractivity contribution in [3.8, 4) is 11.3 Å².